The first-order valence-corrected chi connectivity index (χ1v) is 3.62. The molecule has 0 aliphatic carbocycles. The number of hydrogen-bond acceptors (Lipinski definition) is 2. The van der Waals surface area contributed by atoms with Gasteiger partial charge >= 0.3 is 0 Å². The van der Waals surface area contributed by atoms with Gasteiger partial charge in [-0.3, -0.25) is 0 Å². The van der Waals surface area contributed by atoms with Crippen molar-refractivity contribution in [2.75, 3.05) is 0 Å². The Labute approximate surface area is 68.9 Å². The van der Waals surface area contributed by atoms with Gasteiger partial charge in [-0.15, -0.1) is 0 Å². The van der Waals surface area contributed by atoms with Gasteiger partial charge in [-0.05, 0) is 6.92 Å². The molecule has 0 aromatic carbocycles. The number of aromatic nitrogens is 3. The first-order chi connectivity index (χ1) is 5.68. The third-order valence-electron chi connectivity index (χ3n) is 1.79. The molecule has 0 fully saturated rings. The van der Waals surface area contributed by atoms with E-state index in [0.717, 1.165) is 0 Å². The quantitative estimate of drug-likeness (QED) is 0.591. The third kappa shape index (κ3) is 0.879. The molecule has 2 aromatic heterocycles. The fourth-order valence-electron chi connectivity index (χ4n) is 1.20. The molecule has 3 nitrogen and oxygen atoms in total. The van der Waals surface area contributed by atoms with Crippen molar-refractivity contribution < 1.29 is 4.39 Å². The molecule has 0 atom stereocenters. The van der Waals surface area contributed by atoms with Gasteiger partial charge in [0.15, 0.2) is 5.82 Å². The summed E-state index contributed by atoms with van der Waals surface area (Å²) in [7, 11) is 1.76. The van der Waals surface area contributed by atoms with Gasteiger partial charge in [-0.1, -0.05) is 0 Å². The van der Waals surface area contributed by atoms with Crippen LogP contribution in [0.3, 0.4) is 0 Å². The number of nitrogens with zero attached hydrogens (tertiary/aromatic N) is 3. The highest BCUT2D eigenvalue weighted by atomic mass is 19.1. The highest BCUT2D eigenvalue weighted by molar-refractivity contribution is 5.75. The zero-order valence-electron chi connectivity index (χ0n) is 6.87. The summed E-state index contributed by atoms with van der Waals surface area (Å²) in [6, 6.07) is 0. The normalized spacial score (nSPS) is 10.9. The lowest BCUT2D eigenvalue weighted by Gasteiger charge is -1.94. The first kappa shape index (κ1) is 7.21. The van der Waals surface area contributed by atoms with Crippen LogP contribution in [0.5, 0.6) is 0 Å². The number of rotatable bonds is 0. The Morgan fingerprint density at radius 3 is 3.00 bits per heavy atom. The zero-order valence-corrected chi connectivity index (χ0v) is 6.87. The van der Waals surface area contributed by atoms with Crippen LogP contribution in [0, 0.1) is 12.7 Å². The number of hydrogen-bond donors (Lipinski definition) is 0. The van der Waals surface area contributed by atoms with Gasteiger partial charge in [-0.25, -0.2) is 14.4 Å². The van der Waals surface area contributed by atoms with Crippen LogP contribution in [0.25, 0.3) is 11.0 Å². The summed E-state index contributed by atoms with van der Waals surface area (Å²) >= 11 is 0. The van der Waals surface area contributed by atoms with Gasteiger partial charge in [0, 0.05) is 19.4 Å². The topological polar surface area (TPSA) is 30.7 Å². The van der Waals surface area contributed by atoms with E-state index < -0.39 is 0 Å². The second kappa shape index (κ2) is 2.27. The molecule has 0 radical (unpaired) electrons. The highest BCUT2D eigenvalue weighted by Crippen LogP contribution is 2.15. The molecule has 0 amide bonds. The molecule has 0 bridgehead atoms. The average Bonchev–Trinajstić information content (AvgIpc) is 2.28. The second-order valence-corrected chi connectivity index (χ2v) is 2.74. The molecular weight excluding hydrogens is 157 g/mol. The Kier molecular flexibility index (Phi) is 1.36. The van der Waals surface area contributed by atoms with E-state index in [9.17, 15) is 4.39 Å². The van der Waals surface area contributed by atoms with Crippen molar-refractivity contribution in [1.82, 2.24) is 14.5 Å². The third-order valence-corrected chi connectivity index (χ3v) is 1.79. The molecule has 2 rings (SSSR count). The lowest BCUT2D eigenvalue weighted by Crippen LogP contribution is -1.91. The van der Waals surface area contributed by atoms with E-state index in [4.69, 9.17) is 0 Å². The largest absolute Gasteiger partial charge is 0.332 e. The van der Waals surface area contributed by atoms with E-state index in [0.29, 0.717) is 16.9 Å². The van der Waals surface area contributed by atoms with Crippen LogP contribution < -0.4 is 0 Å². The summed E-state index contributed by atoms with van der Waals surface area (Å²) in [5.74, 6) is 0.385. The second-order valence-electron chi connectivity index (χ2n) is 2.74. The summed E-state index contributed by atoms with van der Waals surface area (Å²) in [6.07, 6.45) is 2.91. The fraction of sp³-hybridized carbons (Fsp3) is 0.250. The molecular formula is C8H8FN3. The van der Waals surface area contributed by atoms with Crippen LogP contribution in [0.1, 0.15) is 5.82 Å². The molecule has 0 aliphatic rings. The van der Waals surface area contributed by atoms with Crippen molar-refractivity contribution in [3.63, 3.8) is 0 Å². The molecule has 2 heterocycles. The first-order valence-electron chi connectivity index (χ1n) is 3.62. The van der Waals surface area contributed by atoms with Crippen molar-refractivity contribution in [2.24, 2.45) is 7.05 Å². The standard InChI is InChI=1S/C8H8FN3/c1-5-10-3-6-7(9)4-12(2)8(6)11-5/h3-4H,1-2H3. The molecule has 0 aliphatic heterocycles. The monoisotopic (exact) mass is 165 g/mol. The van der Waals surface area contributed by atoms with Crippen LogP contribution in [0.15, 0.2) is 12.4 Å². The van der Waals surface area contributed by atoms with E-state index in [1.807, 2.05) is 0 Å². The van der Waals surface area contributed by atoms with E-state index in [2.05, 4.69) is 9.97 Å². The highest BCUT2D eigenvalue weighted by Gasteiger charge is 2.06. The van der Waals surface area contributed by atoms with E-state index >= 15 is 0 Å². The molecule has 12 heavy (non-hydrogen) atoms. The predicted octanol–water partition coefficient (Wildman–Crippen LogP) is 1.42. The minimum atomic E-state index is -0.271. The molecule has 2 aromatic rings. The number of halogens is 1. The zero-order chi connectivity index (χ0) is 8.72. The molecule has 0 unspecified atom stereocenters. The van der Waals surface area contributed by atoms with Gasteiger partial charge in [0.2, 0.25) is 0 Å². The summed E-state index contributed by atoms with van der Waals surface area (Å²) in [6.45, 7) is 1.78. The van der Waals surface area contributed by atoms with Crippen molar-refractivity contribution in [3.05, 3.63) is 24.0 Å². The lowest BCUT2D eigenvalue weighted by atomic mass is 10.4. The average molecular weight is 165 g/mol. The Hall–Kier alpha value is -1.45. The van der Waals surface area contributed by atoms with Crippen molar-refractivity contribution in [3.8, 4) is 0 Å². The fourth-order valence-corrected chi connectivity index (χ4v) is 1.20. The maximum Gasteiger partial charge on any atom is 0.151 e. The SMILES string of the molecule is Cc1ncc2c(F)cn(C)c2n1. The lowest BCUT2D eigenvalue weighted by molar-refractivity contribution is 0.633. The van der Waals surface area contributed by atoms with Crippen molar-refractivity contribution >= 4 is 11.0 Å². The smallest absolute Gasteiger partial charge is 0.151 e. The van der Waals surface area contributed by atoms with Gasteiger partial charge in [0.05, 0.1) is 5.39 Å². The molecule has 62 valence electrons. The maximum atomic E-state index is 13.0. The van der Waals surface area contributed by atoms with E-state index in [1.54, 1.807) is 18.5 Å². The molecule has 0 saturated carbocycles. The number of fused-ring (bicyclic) bond motifs is 1. The maximum absolute atomic E-state index is 13.0. The summed E-state index contributed by atoms with van der Waals surface area (Å²) in [5, 5.41) is 0.475. The number of aryl methyl sites for hydroxylation is 2. The van der Waals surface area contributed by atoms with Crippen LogP contribution in [-0.2, 0) is 7.05 Å². The summed E-state index contributed by atoms with van der Waals surface area (Å²) in [5.41, 5.74) is 0.639. The molecule has 0 saturated heterocycles. The predicted molar refractivity (Wildman–Crippen MR) is 43.2 cm³/mol. The van der Waals surface area contributed by atoms with Gasteiger partial charge in [0.1, 0.15) is 11.5 Å². The Bertz CT molecular complexity index is 433. The Balaban J connectivity index is 2.90. The minimum absolute atomic E-state index is 0.271. The summed E-state index contributed by atoms with van der Waals surface area (Å²) in [4.78, 5) is 8.02. The Morgan fingerprint density at radius 1 is 1.50 bits per heavy atom. The van der Waals surface area contributed by atoms with Crippen LogP contribution in [0.2, 0.25) is 0 Å². The molecule has 0 spiro atoms. The minimum Gasteiger partial charge on any atom is -0.332 e. The van der Waals surface area contributed by atoms with Crippen molar-refractivity contribution in [2.45, 2.75) is 6.92 Å². The Morgan fingerprint density at radius 2 is 2.25 bits per heavy atom. The molecule has 0 N–H and O–H groups in total. The van der Waals surface area contributed by atoms with Crippen molar-refractivity contribution in [1.29, 1.82) is 0 Å². The van der Waals surface area contributed by atoms with Crippen LogP contribution >= 0.6 is 0 Å². The van der Waals surface area contributed by atoms with E-state index in [-0.39, 0.29) is 5.82 Å². The summed E-state index contributed by atoms with van der Waals surface area (Å²) < 4.78 is 14.7. The van der Waals surface area contributed by atoms with Gasteiger partial charge < -0.3 is 4.57 Å². The molecule has 4 heteroatoms. The van der Waals surface area contributed by atoms with Gasteiger partial charge in [-0.2, -0.15) is 0 Å². The van der Waals surface area contributed by atoms with Crippen LogP contribution in [0.4, 0.5) is 4.39 Å². The van der Waals surface area contributed by atoms with Crippen LogP contribution in [-0.4, -0.2) is 14.5 Å². The van der Waals surface area contributed by atoms with E-state index in [1.165, 1.54) is 12.4 Å². The van der Waals surface area contributed by atoms with Gasteiger partial charge in [0.25, 0.3) is 0 Å².